The standard InChI is InChI=1S/C13H7Cl3O2/c14-9-4-2-6-11(12(9)16)18-13-8(7-17)3-1-5-10(13)15/h1-7H. The van der Waals surface area contributed by atoms with Gasteiger partial charge in [0, 0.05) is 0 Å². The molecule has 0 unspecified atom stereocenters. The predicted octanol–water partition coefficient (Wildman–Crippen LogP) is 5.25. The quantitative estimate of drug-likeness (QED) is 0.724. The Kier molecular flexibility index (Phi) is 4.12. The van der Waals surface area contributed by atoms with Crippen LogP contribution in [-0.4, -0.2) is 6.29 Å². The second-order valence-electron chi connectivity index (χ2n) is 3.43. The van der Waals surface area contributed by atoms with E-state index < -0.39 is 0 Å². The number of hydrogen-bond acceptors (Lipinski definition) is 2. The number of benzene rings is 2. The first kappa shape index (κ1) is 13.2. The highest BCUT2D eigenvalue weighted by Gasteiger charge is 2.12. The molecule has 2 aromatic rings. The van der Waals surface area contributed by atoms with Crippen molar-refractivity contribution >= 4 is 41.1 Å². The van der Waals surface area contributed by atoms with Crippen LogP contribution in [0.2, 0.25) is 15.1 Å². The molecule has 0 heterocycles. The van der Waals surface area contributed by atoms with E-state index in [1.54, 1.807) is 36.4 Å². The van der Waals surface area contributed by atoms with E-state index in [-0.39, 0.29) is 10.8 Å². The largest absolute Gasteiger partial charge is 0.453 e. The zero-order chi connectivity index (χ0) is 13.1. The summed E-state index contributed by atoms with van der Waals surface area (Å²) in [4.78, 5) is 10.9. The molecule has 2 rings (SSSR count). The Morgan fingerprint density at radius 1 is 0.944 bits per heavy atom. The highest BCUT2D eigenvalue weighted by atomic mass is 35.5. The second-order valence-corrected chi connectivity index (χ2v) is 4.62. The van der Waals surface area contributed by atoms with Crippen LogP contribution in [-0.2, 0) is 0 Å². The van der Waals surface area contributed by atoms with Crippen molar-refractivity contribution in [2.75, 3.05) is 0 Å². The molecule has 0 fully saturated rings. The molecule has 2 aromatic carbocycles. The fraction of sp³-hybridized carbons (Fsp3) is 0. The average molecular weight is 302 g/mol. The van der Waals surface area contributed by atoms with Gasteiger partial charge >= 0.3 is 0 Å². The first-order valence-corrected chi connectivity index (χ1v) is 6.12. The summed E-state index contributed by atoms with van der Waals surface area (Å²) in [6.07, 6.45) is 0.666. The van der Waals surface area contributed by atoms with Crippen molar-refractivity contribution in [3.05, 3.63) is 57.0 Å². The minimum Gasteiger partial charge on any atom is -0.453 e. The number of carbonyl (C=O) groups excluding carboxylic acids is 1. The van der Waals surface area contributed by atoms with E-state index in [9.17, 15) is 4.79 Å². The summed E-state index contributed by atoms with van der Waals surface area (Å²) in [6, 6.07) is 9.88. The Bertz CT molecular complexity index is 597. The molecule has 0 amide bonds. The van der Waals surface area contributed by atoms with Crippen molar-refractivity contribution < 1.29 is 9.53 Å². The maximum absolute atomic E-state index is 10.9. The van der Waals surface area contributed by atoms with Crippen LogP contribution in [0.5, 0.6) is 11.5 Å². The van der Waals surface area contributed by atoms with E-state index in [2.05, 4.69) is 0 Å². The Hall–Kier alpha value is -1.22. The smallest absolute Gasteiger partial charge is 0.156 e. The molecule has 0 aliphatic carbocycles. The van der Waals surface area contributed by atoms with Crippen LogP contribution in [0.1, 0.15) is 10.4 Å². The van der Waals surface area contributed by atoms with Gasteiger partial charge in [0.25, 0.3) is 0 Å². The van der Waals surface area contributed by atoms with Crippen LogP contribution in [0, 0.1) is 0 Å². The fourth-order valence-electron chi connectivity index (χ4n) is 1.40. The van der Waals surface area contributed by atoms with E-state index in [4.69, 9.17) is 39.5 Å². The molecule has 0 spiro atoms. The van der Waals surface area contributed by atoms with Gasteiger partial charge in [-0.1, -0.05) is 46.9 Å². The Labute approximate surface area is 119 Å². The van der Waals surface area contributed by atoms with Gasteiger partial charge in [-0.05, 0) is 24.3 Å². The number of hydrogen-bond donors (Lipinski definition) is 0. The van der Waals surface area contributed by atoms with E-state index >= 15 is 0 Å². The van der Waals surface area contributed by atoms with E-state index in [0.29, 0.717) is 27.6 Å². The summed E-state index contributed by atoms with van der Waals surface area (Å²) in [7, 11) is 0. The number of ether oxygens (including phenoxy) is 1. The Morgan fingerprint density at radius 2 is 1.61 bits per heavy atom. The SMILES string of the molecule is O=Cc1cccc(Cl)c1Oc1cccc(Cl)c1Cl. The van der Waals surface area contributed by atoms with Gasteiger partial charge in [0.15, 0.2) is 12.0 Å². The predicted molar refractivity (Wildman–Crippen MR) is 73.4 cm³/mol. The van der Waals surface area contributed by atoms with Crippen molar-refractivity contribution in [2.45, 2.75) is 0 Å². The summed E-state index contributed by atoms with van der Waals surface area (Å²) in [5.41, 5.74) is 0.346. The van der Waals surface area contributed by atoms with Gasteiger partial charge in [-0.25, -0.2) is 0 Å². The molecular weight excluding hydrogens is 294 g/mol. The van der Waals surface area contributed by atoms with Gasteiger partial charge in [0.1, 0.15) is 10.8 Å². The minimum absolute atomic E-state index is 0.262. The summed E-state index contributed by atoms with van der Waals surface area (Å²) >= 11 is 17.9. The average Bonchev–Trinajstić information content (AvgIpc) is 2.37. The first-order chi connectivity index (χ1) is 8.63. The Balaban J connectivity index is 2.46. The summed E-state index contributed by atoms with van der Waals surface area (Å²) in [5.74, 6) is 0.610. The lowest BCUT2D eigenvalue weighted by molar-refractivity contribution is 0.112. The van der Waals surface area contributed by atoms with E-state index in [1.807, 2.05) is 0 Å². The molecule has 0 saturated carbocycles. The molecule has 0 aliphatic heterocycles. The van der Waals surface area contributed by atoms with Gasteiger partial charge in [-0.3, -0.25) is 4.79 Å². The number of rotatable bonds is 3. The maximum atomic E-state index is 10.9. The van der Waals surface area contributed by atoms with Crippen LogP contribution in [0.4, 0.5) is 0 Å². The van der Waals surface area contributed by atoms with Crippen molar-refractivity contribution in [1.82, 2.24) is 0 Å². The molecule has 0 radical (unpaired) electrons. The summed E-state index contributed by atoms with van der Waals surface area (Å²) in [5, 5.41) is 0.973. The summed E-state index contributed by atoms with van der Waals surface area (Å²) in [6.45, 7) is 0. The topological polar surface area (TPSA) is 26.3 Å². The number of para-hydroxylation sites is 1. The minimum atomic E-state index is 0.262. The fourth-order valence-corrected chi connectivity index (χ4v) is 1.95. The lowest BCUT2D eigenvalue weighted by Crippen LogP contribution is -1.92. The van der Waals surface area contributed by atoms with Crippen molar-refractivity contribution in [3.63, 3.8) is 0 Å². The van der Waals surface area contributed by atoms with Gasteiger partial charge in [-0.2, -0.15) is 0 Å². The van der Waals surface area contributed by atoms with Crippen molar-refractivity contribution in [1.29, 1.82) is 0 Å². The third-order valence-electron chi connectivity index (χ3n) is 2.25. The van der Waals surface area contributed by atoms with Crippen LogP contribution >= 0.6 is 34.8 Å². The molecule has 92 valence electrons. The molecule has 0 atom stereocenters. The van der Waals surface area contributed by atoms with Gasteiger partial charge in [0.2, 0.25) is 0 Å². The highest BCUT2D eigenvalue weighted by Crippen LogP contribution is 2.38. The van der Waals surface area contributed by atoms with Crippen molar-refractivity contribution in [2.24, 2.45) is 0 Å². The zero-order valence-electron chi connectivity index (χ0n) is 8.99. The van der Waals surface area contributed by atoms with Crippen molar-refractivity contribution in [3.8, 4) is 11.5 Å². The van der Waals surface area contributed by atoms with Crippen LogP contribution in [0.15, 0.2) is 36.4 Å². The van der Waals surface area contributed by atoms with Gasteiger partial charge < -0.3 is 4.74 Å². The van der Waals surface area contributed by atoms with Crippen LogP contribution < -0.4 is 4.74 Å². The molecule has 0 saturated heterocycles. The van der Waals surface area contributed by atoms with E-state index in [1.165, 1.54) is 0 Å². The molecule has 0 bridgehead atoms. The zero-order valence-corrected chi connectivity index (χ0v) is 11.3. The third-order valence-corrected chi connectivity index (χ3v) is 3.35. The Morgan fingerprint density at radius 3 is 2.33 bits per heavy atom. The summed E-state index contributed by atoms with van der Waals surface area (Å²) < 4.78 is 5.56. The number of aldehydes is 1. The molecule has 5 heteroatoms. The number of carbonyl (C=O) groups is 1. The highest BCUT2D eigenvalue weighted by molar-refractivity contribution is 6.43. The molecule has 0 N–H and O–H groups in total. The lowest BCUT2D eigenvalue weighted by atomic mass is 10.2. The molecular formula is C13H7Cl3O2. The second kappa shape index (κ2) is 5.61. The van der Waals surface area contributed by atoms with Crippen LogP contribution in [0.25, 0.3) is 0 Å². The normalized spacial score (nSPS) is 10.2. The monoisotopic (exact) mass is 300 g/mol. The maximum Gasteiger partial charge on any atom is 0.156 e. The van der Waals surface area contributed by atoms with Gasteiger partial charge in [0.05, 0.1) is 15.6 Å². The first-order valence-electron chi connectivity index (χ1n) is 4.99. The molecule has 0 aromatic heterocycles. The molecule has 0 aliphatic rings. The van der Waals surface area contributed by atoms with Gasteiger partial charge in [-0.15, -0.1) is 0 Å². The number of halogens is 3. The molecule has 2 nitrogen and oxygen atoms in total. The third kappa shape index (κ3) is 2.61. The lowest BCUT2D eigenvalue weighted by Gasteiger charge is -2.11. The van der Waals surface area contributed by atoms with E-state index in [0.717, 1.165) is 0 Å². The van der Waals surface area contributed by atoms with Crippen LogP contribution in [0.3, 0.4) is 0 Å². The molecule has 18 heavy (non-hydrogen) atoms.